The van der Waals surface area contributed by atoms with E-state index in [1.807, 2.05) is 6.92 Å². The van der Waals surface area contributed by atoms with E-state index in [1.54, 1.807) is 42.5 Å². The summed E-state index contributed by atoms with van der Waals surface area (Å²) >= 11 is 0. The number of fused-ring (bicyclic) bond motifs is 3. The molecule has 7 nitrogen and oxygen atoms in total. The van der Waals surface area contributed by atoms with Gasteiger partial charge in [-0.05, 0) is 73.7 Å². The molecule has 0 bridgehead atoms. The molecule has 164 valence electrons. The Bertz CT molecular complexity index is 1540. The fourth-order valence-electron chi connectivity index (χ4n) is 3.68. The molecule has 0 atom stereocenters. The number of ether oxygens (including phenoxy) is 1. The fourth-order valence-corrected chi connectivity index (χ4v) is 3.68. The molecular formula is C25H19FN4O3. The van der Waals surface area contributed by atoms with Gasteiger partial charge >= 0.3 is 0 Å². The second kappa shape index (κ2) is 8.23. The van der Waals surface area contributed by atoms with Crippen LogP contribution in [0.2, 0.25) is 0 Å². The summed E-state index contributed by atoms with van der Waals surface area (Å²) in [6.45, 7) is 2.47. The number of halogens is 1. The Hall–Kier alpha value is -4.46. The lowest BCUT2D eigenvalue weighted by atomic mass is 10.1. The second-order valence-corrected chi connectivity index (χ2v) is 7.42. The SMILES string of the molecule is CCOc1ccc(NC(=O)c2ccc3ncc4c(=O)n(-c5ccc(F)cc5)[nH]c4c3c2)cc1. The van der Waals surface area contributed by atoms with Gasteiger partial charge in [0.15, 0.2) is 0 Å². The van der Waals surface area contributed by atoms with Crippen LogP contribution in [-0.2, 0) is 0 Å². The van der Waals surface area contributed by atoms with Crippen molar-refractivity contribution >= 4 is 33.4 Å². The first kappa shape index (κ1) is 20.4. The van der Waals surface area contributed by atoms with Crippen LogP contribution in [0.25, 0.3) is 27.5 Å². The molecule has 0 aliphatic rings. The van der Waals surface area contributed by atoms with Crippen molar-refractivity contribution in [1.82, 2.24) is 14.8 Å². The molecule has 5 aromatic rings. The second-order valence-electron chi connectivity index (χ2n) is 7.42. The van der Waals surface area contributed by atoms with Crippen LogP contribution in [0, 0.1) is 5.82 Å². The van der Waals surface area contributed by atoms with Crippen LogP contribution >= 0.6 is 0 Å². The Morgan fingerprint density at radius 1 is 1.06 bits per heavy atom. The maximum absolute atomic E-state index is 13.3. The summed E-state index contributed by atoms with van der Waals surface area (Å²) in [5, 5.41) is 6.93. The number of H-pyrrole nitrogens is 1. The Balaban J connectivity index is 1.52. The number of nitrogens with zero attached hydrogens (tertiary/aromatic N) is 2. The maximum Gasteiger partial charge on any atom is 0.280 e. The minimum atomic E-state index is -0.391. The Kier molecular flexibility index (Phi) is 5.10. The highest BCUT2D eigenvalue weighted by atomic mass is 19.1. The average Bonchev–Trinajstić information content (AvgIpc) is 3.17. The number of carbonyl (C=O) groups is 1. The van der Waals surface area contributed by atoms with Crippen LogP contribution in [0.4, 0.5) is 10.1 Å². The molecule has 0 spiro atoms. The van der Waals surface area contributed by atoms with E-state index in [1.165, 1.54) is 35.1 Å². The van der Waals surface area contributed by atoms with Gasteiger partial charge in [-0.15, -0.1) is 0 Å². The van der Waals surface area contributed by atoms with E-state index < -0.39 is 5.82 Å². The standard InChI is InChI=1S/C25H19FN4O3/c1-2-33-19-10-6-17(7-11-19)28-24(31)15-3-12-22-20(13-15)23-21(14-27-22)25(32)30(29-23)18-8-4-16(26)5-9-18/h3-14,29H,2H2,1H3,(H,28,31). The van der Waals surface area contributed by atoms with Crippen LogP contribution in [0.1, 0.15) is 17.3 Å². The monoisotopic (exact) mass is 442 g/mol. The number of rotatable bonds is 5. The van der Waals surface area contributed by atoms with Crippen molar-refractivity contribution in [2.75, 3.05) is 11.9 Å². The van der Waals surface area contributed by atoms with Crippen molar-refractivity contribution in [1.29, 1.82) is 0 Å². The number of hydrogen-bond acceptors (Lipinski definition) is 4. The average molecular weight is 442 g/mol. The van der Waals surface area contributed by atoms with E-state index in [9.17, 15) is 14.0 Å². The summed E-state index contributed by atoms with van der Waals surface area (Å²) in [6.07, 6.45) is 1.50. The lowest BCUT2D eigenvalue weighted by Crippen LogP contribution is -2.14. The molecule has 2 heterocycles. The predicted molar refractivity (Wildman–Crippen MR) is 125 cm³/mol. The molecular weight excluding hydrogens is 423 g/mol. The van der Waals surface area contributed by atoms with Crippen molar-refractivity contribution in [3.63, 3.8) is 0 Å². The smallest absolute Gasteiger partial charge is 0.280 e. The fraction of sp³-hybridized carbons (Fsp3) is 0.0800. The number of hydrogen-bond donors (Lipinski definition) is 2. The molecule has 0 unspecified atom stereocenters. The van der Waals surface area contributed by atoms with Gasteiger partial charge in [0.1, 0.15) is 11.6 Å². The van der Waals surface area contributed by atoms with Gasteiger partial charge in [0, 0.05) is 22.8 Å². The lowest BCUT2D eigenvalue weighted by molar-refractivity contribution is 0.102. The first-order valence-corrected chi connectivity index (χ1v) is 10.4. The summed E-state index contributed by atoms with van der Waals surface area (Å²) in [6, 6.07) is 17.8. The van der Waals surface area contributed by atoms with Crippen molar-refractivity contribution < 1.29 is 13.9 Å². The Morgan fingerprint density at radius 2 is 1.82 bits per heavy atom. The molecule has 0 aliphatic heterocycles. The molecule has 5 rings (SSSR count). The molecule has 0 aliphatic carbocycles. The van der Waals surface area contributed by atoms with Crippen LogP contribution in [0.5, 0.6) is 5.75 Å². The van der Waals surface area contributed by atoms with Crippen molar-refractivity contribution in [2.45, 2.75) is 6.92 Å². The minimum Gasteiger partial charge on any atom is -0.494 e. The molecule has 0 saturated carbocycles. The van der Waals surface area contributed by atoms with Crippen LogP contribution in [0.3, 0.4) is 0 Å². The minimum absolute atomic E-state index is 0.293. The van der Waals surface area contributed by atoms with E-state index in [4.69, 9.17) is 4.74 Å². The molecule has 2 aromatic heterocycles. The van der Waals surface area contributed by atoms with Gasteiger partial charge in [0.25, 0.3) is 11.5 Å². The number of amides is 1. The zero-order valence-electron chi connectivity index (χ0n) is 17.6. The highest BCUT2D eigenvalue weighted by Gasteiger charge is 2.14. The number of aromatic amines is 1. The zero-order valence-corrected chi connectivity index (χ0v) is 17.6. The lowest BCUT2D eigenvalue weighted by Gasteiger charge is -2.08. The molecule has 2 N–H and O–H groups in total. The van der Waals surface area contributed by atoms with Crippen LogP contribution < -0.4 is 15.6 Å². The summed E-state index contributed by atoms with van der Waals surface area (Å²) in [5.41, 5.74) is 2.42. The van der Waals surface area contributed by atoms with Gasteiger partial charge in [-0.1, -0.05) is 0 Å². The van der Waals surface area contributed by atoms with Crippen molar-refractivity contribution in [3.05, 3.63) is 94.7 Å². The quantitative estimate of drug-likeness (QED) is 0.414. The van der Waals surface area contributed by atoms with E-state index in [0.717, 1.165) is 5.75 Å². The molecule has 0 radical (unpaired) electrons. The van der Waals surface area contributed by atoms with Crippen LogP contribution in [0.15, 0.2) is 77.7 Å². The predicted octanol–water partition coefficient (Wildman–Crippen LogP) is 4.66. The summed E-state index contributed by atoms with van der Waals surface area (Å²) < 4.78 is 20.0. The van der Waals surface area contributed by atoms with Crippen LogP contribution in [-0.4, -0.2) is 27.3 Å². The van der Waals surface area contributed by atoms with Gasteiger partial charge in [0.2, 0.25) is 0 Å². The largest absolute Gasteiger partial charge is 0.494 e. The molecule has 33 heavy (non-hydrogen) atoms. The van der Waals surface area contributed by atoms with Crippen molar-refractivity contribution in [3.8, 4) is 11.4 Å². The molecule has 0 saturated heterocycles. The third-order valence-electron chi connectivity index (χ3n) is 5.30. The van der Waals surface area contributed by atoms with Gasteiger partial charge < -0.3 is 10.1 Å². The van der Waals surface area contributed by atoms with E-state index in [-0.39, 0.29) is 11.5 Å². The zero-order chi connectivity index (χ0) is 22.9. The summed E-state index contributed by atoms with van der Waals surface area (Å²) in [5.74, 6) is 0.0425. The molecule has 1 amide bonds. The third kappa shape index (κ3) is 3.82. The molecule has 8 heteroatoms. The van der Waals surface area contributed by atoms with Gasteiger partial charge in [-0.2, -0.15) is 0 Å². The van der Waals surface area contributed by atoms with E-state index in [2.05, 4.69) is 15.4 Å². The van der Waals surface area contributed by atoms with Crippen molar-refractivity contribution in [2.24, 2.45) is 0 Å². The first-order chi connectivity index (χ1) is 16.0. The normalized spacial score (nSPS) is 11.1. The number of aromatic nitrogens is 3. The first-order valence-electron chi connectivity index (χ1n) is 10.4. The Labute approximate surface area is 187 Å². The highest BCUT2D eigenvalue weighted by molar-refractivity contribution is 6.10. The maximum atomic E-state index is 13.3. The number of anilines is 1. The molecule has 3 aromatic carbocycles. The van der Waals surface area contributed by atoms with Gasteiger partial charge in [-0.25, -0.2) is 9.07 Å². The van der Waals surface area contributed by atoms with E-state index >= 15 is 0 Å². The summed E-state index contributed by atoms with van der Waals surface area (Å²) in [7, 11) is 0. The highest BCUT2D eigenvalue weighted by Crippen LogP contribution is 2.23. The van der Waals surface area contributed by atoms with E-state index in [0.29, 0.717) is 45.4 Å². The molecule has 0 fully saturated rings. The number of carbonyl (C=O) groups excluding carboxylic acids is 1. The van der Waals surface area contributed by atoms with Gasteiger partial charge in [0.05, 0.1) is 28.7 Å². The topological polar surface area (TPSA) is 89.0 Å². The Morgan fingerprint density at radius 3 is 2.55 bits per heavy atom. The summed E-state index contributed by atoms with van der Waals surface area (Å²) in [4.78, 5) is 30.1. The van der Waals surface area contributed by atoms with Gasteiger partial charge in [-0.3, -0.25) is 19.7 Å². The number of nitrogens with one attached hydrogen (secondary N) is 2. The number of benzene rings is 3. The third-order valence-corrected chi connectivity index (χ3v) is 5.30. The number of pyridine rings is 1.